The lowest BCUT2D eigenvalue weighted by atomic mass is 9.87. The van der Waals surface area contributed by atoms with Crippen molar-refractivity contribution in [2.75, 3.05) is 13.6 Å². The van der Waals surface area contributed by atoms with Crippen LogP contribution in [0.25, 0.3) is 0 Å². The maximum Gasteiger partial charge on any atom is 0.144 e. The van der Waals surface area contributed by atoms with E-state index in [2.05, 4.69) is 30.1 Å². The average Bonchev–Trinajstić information content (AvgIpc) is 2.49. The summed E-state index contributed by atoms with van der Waals surface area (Å²) >= 11 is 0. The van der Waals surface area contributed by atoms with Gasteiger partial charge in [0.15, 0.2) is 0 Å². The van der Waals surface area contributed by atoms with E-state index in [1.807, 2.05) is 37.4 Å². The van der Waals surface area contributed by atoms with Crippen LogP contribution in [-0.4, -0.2) is 30.6 Å². The highest BCUT2D eigenvalue weighted by molar-refractivity contribution is 5.32. The van der Waals surface area contributed by atoms with Crippen LogP contribution in [0.5, 0.6) is 0 Å². The molecular formula is C17H25N3. The third kappa shape index (κ3) is 2.87. The Morgan fingerprint density at radius 3 is 2.35 bits per heavy atom. The summed E-state index contributed by atoms with van der Waals surface area (Å²) in [6.07, 6.45) is 3.75. The molecule has 0 aliphatic carbocycles. The lowest BCUT2D eigenvalue weighted by molar-refractivity contribution is 0.0791. The number of nitrogens with zero attached hydrogens (tertiary/aromatic N) is 2. The number of piperidine rings is 1. The molecule has 0 radical (unpaired) electrons. The number of rotatable bonds is 4. The first-order chi connectivity index (χ1) is 9.63. The van der Waals surface area contributed by atoms with Crippen molar-refractivity contribution in [3.63, 3.8) is 0 Å². The number of hydrogen-bond acceptors (Lipinski definition) is 3. The third-order valence-electron chi connectivity index (χ3n) is 4.68. The van der Waals surface area contributed by atoms with Gasteiger partial charge in [0.1, 0.15) is 5.54 Å². The van der Waals surface area contributed by atoms with E-state index >= 15 is 0 Å². The molecule has 1 unspecified atom stereocenters. The first-order valence-corrected chi connectivity index (χ1v) is 7.54. The van der Waals surface area contributed by atoms with Crippen molar-refractivity contribution in [3.8, 4) is 6.07 Å². The molecule has 1 aliphatic rings. The molecule has 1 N–H and O–H groups in total. The fraction of sp³-hybridized carbons (Fsp3) is 0.588. The number of benzene rings is 1. The number of nitriles is 1. The van der Waals surface area contributed by atoms with Crippen LogP contribution in [0.1, 0.15) is 38.7 Å². The summed E-state index contributed by atoms with van der Waals surface area (Å²) in [6, 6.07) is 13.7. The molecule has 3 atom stereocenters. The van der Waals surface area contributed by atoms with Crippen LogP contribution in [0.2, 0.25) is 0 Å². The molecule has 108 valence electrons. The van der Waals surface area contributed by atoms with E-state index in [4.69, 9.17) is 0 Å². The largest absolute Gasteiger partial charge is 0.298 e. The van der Waals surface area contributed by atoms with Gasteiger partial charge in [0.25, 0.3) is 0 Å². The molecule has 20 heavy (non-hydrogen) atoms. The fourth-order valence-electron chi connectivity index (χ4n) is 3.25. The van der Waals surface area contributed by atoms with Crippen LogP contribution < -0.4 is 5.32 Å². The van der Waals surface area contributed by atoms with Crippen molar-refractivity contribution in [1.82, 2.24) is 10.2 Å². The SMILES string of the molecule is CNC(C#N)(CN1[C@H](C)CCC[C@@H]1C)c1ccccc1. The first kappa shape index (κ1) is 15.0. The molecular weight excluding hydrogens is 246 g/mol. The Morgan fingerprint density at radius 1 is 1.25 bits per heavy atom. The molecule has 0 saturated carbocycles. The number of hydrogen-bond donors (Lipinski definition) is 1. The monoisotopic (exact) mass is 271 g/mol. The van der Waals surface area contributed by atoms with Gasteiger partial charge in [-0.25, -0.2) is 0 Å². The predicted molar refractivity (Wildman–Crippen MR) is 82.3 cm³/mol. The van der Waals surface area contributed by atoms with E-state index < -0.39 is 5.54 Å². The minimum absolute atomic E-state index is 0.545. The van der Waals surface area contributed by atoms with Gasteiger partial charge in [0, 0.05) is 18.6 Å². The van der Waals surface area contributed by atoms with Gasteiger partial charge < -0.3 is 0 Å². The molecule has 3 nitrogen and oxygen atoms in total. The van der Waals surface area contributed by atoms with E-state index in [1.54, 1.807) is 0 Å². The van der Waals surface area contributed by atoms with Crippen LogP contribution in [-0.2, 0) is 5.54 Å². The van der Waals surface area contributed by atoms with Gasteiger partial charge in [-0.2, -0.15) is 5.26 Å². The molecule has 0 amide bonds. The van der Waals surface area contributed by atoms with Gasteiger partial charge in [-0.15, -0.1) is 0 Å². The van der Waals surface area contributed by atoms with Crippen molar-refractivity contribution < 1.29 is 0 Å². The zero-order valence-electron chi connectivity index (χ0n) is 12.8. The summed E-state index contributed by atoms with van der Waals surface area (Å²) in [6.45, 7) is 5.29. The summed E-state index contributed by atoms with van der Waals surface area (Å²) < 4.78 is 0. The Labute approximate surface area is 122 Å². The normalized spacial score (nSPS) is 26.7. The second-order valence-corrected chi connectivity index (χ2v) is 5.93. The molecule has 3 heteroatoms. The van der Waals surface area contributed by atoms with Crippen molar-refractivity contribution >= 4 is 0 Å². The van der Waals surface area contributed by atoms with Gasteiger partial charge in [-0.3, -0.25) is 10.2 Å². The maximum atomic E-state index is 9.79. The quantitative estimate of drug-likeness (QED) is 0.915. The molecule has 1 fully saturated rings. The Balaban J connectivity index is 2.28. The summed E-state index contributed by atoms with van der Waals surface area (Å²) in [5.41, 5.74) is 0.427. The smallest absolute Gasteiger partial charge is 0.144 e. The van der Waals surface area contributed by atoms with Crippen molar-refractivity contribution in [3.05, 3.63) is 35.9 Å². The van der Waals surface area contributed by atoms with Gasteiger partial charge in [-0.1, -0.05) is 36.8 Å². The van der Waals surface area contributed by atoms with Crippen LogP contribution in [0.3, 0.4) is 0 Å². The second-order valence-electron chi connectivity index (χ2n) is 5.93. The van der Waals surface area contributed by atoms with E-state index in [9.17, 15) is 5.26 Å². The van der Waals surface area contributed by atoms with Crippen LogP contribution in [0.4, 0.5) is 0 Å². The molecule has 1 aliphatic heterocycles. The molecule has 1 heterocycles. The number of likely N-dealkylation sites (tertiary alicyclic amines) is 1. The van der Waals surface area contributed by atoms with E-state index in [-0.39, 0.29) is 0 Å². The highest BCUT2D eigenvalue weighted by Crippen LogP contribution is 2.28. The maximum absolute atomic E-state index is 9.79. The molecule has 2 rings (SSSR count). The predicted octanol–water partition coefficient (Wildman–Crippen LogP) is 2.89. The van der Waals surface area contributed by atoms with Gasteiger partial charge in [0.2, 0.25) is 0 Å². The molecule has 0 aromatic heterocycles. The highest BCUT2D eigenvalue weighted by Gasteiger charge is 2.36. The first-order valence-electron chi connectivity index (χ1n) is 7.54. The van der Waals surface area contributed by atoms with Crippen molar-refractivity contribution in [2.45, 2.75) is 50.7 Å². The zero-order chi connectivity index (χ0) is 14.6. The lowest BCUT2D eigenvalue weighted by Crippen LogP contribution is -2.54. The minimum atomic E-state index is -0.624. The fourth-order valence-corrected chi connectivity index (χ4v) is 3.25. The number of nitrogens with one attached hydrogen (secondary N) is 1. The van der Waals surface area contributed by atoms with E-state index in [0.717, 1.165) is 12.1 Å². The van der Waals surface area contributed by atoms with Gasteiger partial charge in [0.05, 0.1) is 6.07 Å². The van der Waals surface area contributed by atoms with Gasteiger partial charge in [-0.05, 0) is 39.3 Å². The molecule has 1 aromatic rings. The number of likely N-dealkylation sites (N-methyl/N-ethyl adjacent to an activating group) is 1. The van der Waals surface area contributed by atoms with Crippen LogP contribution in [0, 0.1) is 11.3 Å². The molecule has 0 bridgehead atoms. The second kappa shape index (κ2) is 6.39. The summed E-state index contributed by atoms with van der Waals surface area (Å²) in [5, 5.41) is 13.1. The van der Waals surface area contributed by atoms with Crippen molar-refractivity contribution in [1.29, 1.82) is 5.26 Å². The van der Waals surface area contributed by atoms with E-state index in [0.29, 0.717) is 12.1 Å². The average molecular weight is 271 g/mol. The van der Waals surface area contributed by atoms with Crippen molar-refractivity contribution in [2.24, 2.45) is 0 Å². The zero-order valence-corrected chi connectivity index (χ0v) is 12.8. The van der Waals surface area contributed by atoms with Gasteiger partial charge >= 0.3 is 0 Å². The Hall–Kier alpha value is -1.37. The van der Waals surface area contributed by atoms with Crippen LogP contribution >= 0.6 is 0 Å². The topological polar surface area (TPSA) is 39.1 Å². The minimum Gasteiger partial charge on any atom is -0.298 e. The highest BCUT2D eigenvalue weighted by atomic mass is 15.2. The third-order valence-corrected chi connectivity index (χ3v) is 4.68. The summed E-state index contributed by atoms with van der Waals surface area (Å²) in [4.78, 5) is 2.48. The standard InChI is InChI=1S/C17H25N3/c1-14-8-7-9-15(2)20(14)13-17(12-18,19-3)16-10-5-4-6-11-16/h4-6,10-11,14-15,19H,7-9,13H2,1-3H3/t14-,15+,17?. The Bertz CT molecular complexity index is 455. The summed E-state index contributed by atoms with van der Waals surface area (Å²) in [7, 11) is 1.88. The van der Waals surface area contributed by atoms with Crippen LogP contribution in [0.15, 0.2) is 30.3 Å². The Morgan fingerprint density at radius 2 is 1.85 bits per heavy atom. The Kier molecular flexibility index (Phi) is 4.80. The summed E-state index contributed by atoms with van der Waals surface area (Å²) in [5.74, 6) is 0. The molecule has 1 aromatic carbocycles. The molecule has 0 spiro atoms. The van der Waals surface area contributed by atoms with E-state index in [1.165, 1.54) is 19.3 Å². The molecule has 1 saturated heterocycles. The lowest BCUT2D eigenvalue weighted by Gasteiger charge is -2.43.